The molecule has 2 aromatic heterocycles. The van der Waals surface area contributed by atoms with Crippen molar-refractivity contribution in [1.29, 1.82) is 0 Å². The van der Waals surface area contributed by atoms with E-state index in [1.54, 1.807) is 13.1 Å². The topological polar surface area (TPSA) is 55.2 Å². The van der Waals surface area contributed by atoms with Crippen molar-refractivity contribution in [3.8, 4) is 11.8 Å². The standard InChI is InChI=1S/C21H29F2N5O/c1-15(14-29-20(22)23)25-21-24-12-18-16(8-7-11-27(2)3)13-28(19(18)26-21)17-9-5-4-6-10-17/h12-13,15,17,20H,4-6,9-11,14H2,1-3H3,(H,24,25,26)/t15-/m0/s1. The quantitative estimate of drug-likeness (QED) is 0.709. The molecular weight excluding hydrogens is 376 g/mol. The van der Waals surface area contributed by atoms with Gasteiger partial charge in [0.15, 0.2) is 0 Å². The Bertz CT molecular complexity index is 865. The van der Waals surface area contributed by atoms with Crippen LogP contribution >= 0.6 is 0 Å². The highest BCUT2D eigenvalue weighted by molar-refractivity contribution is 5.84. The molecule has 158 valence electrons. The summed E-state index contributed by atoms with van der Waals surface area (Å²) in [5.41, 5.74) is 1.76. The SMILES string of the molecule is C[C@@H](COC(F)F)Nc1ncc2c(C#CCN(C)C)cn(C3CCCCC3)c2n1. The largest absolute Gasteiger partial charge is 0.349 e. The molecule has 2 aromatic rings. The molecule has 2 heterocycles. The van der Waals surface area contributed by atoms with Gasteiger partial charge < -0.3 is 14.6 Å². The van der Waals surface area contributed by atoms with Crippen LogP contribution in [0.1, 0.15) is 50.6 Å². The molecule has 1 aliphatic carbocycles. The van der Waals surface area contributed by atoms with Crippen LogP contribution in [0.3, 0.4) is 0 Å². The first kappa shape index (κ1) is 21.5. The number of hydrogen-bond donors (Lipinski definition) is 1. The molecule has 0 bridgehead atoms. The van der Waals surface area contributed by atoms with Gasteiger partial charge in [-0.3, -0.25) is 4.90 Å². The lowest BCUT2D eigenvalue weighted by Gasteiger charge is -2.23. The number of anilines is 1. The predicted molar refractivity (Wildman–Crippen MR) is 110 cm³/mol. The number of fused-ring (bicyclic) bond motifs is 1. The lowest BCUT2D eigenvalue weighted by atomic mass is 9.95. The highest BCUT2D eigenvalue weighted by atomic mass is 19.3. The molecule has 0 aromatic carbocycles. The molecule has 0 amide bonds. The minimum atomic E-state index is -2.78. The van der Waals surface area contributed by atoms with E-state index in [0.717, 1.165) is 29.4 Å². The molecule has 0 unspecified atom stereocenters. The van der Waals surface area contributed by atoms with Crippen molar-refractivity contribution >= 4 is 17.0 Å². The first-order valence-electron chi connectivity index (χ1n) is 10.1. The molecule has 0 saturated heterocycles. The maximum atomic E-state index is 12.3. The van der Waals surface area contributed by atoms with Gasteiger partial charge in [0.2, 0.25) is 5.95 Å². The Labute approximate surface area is 170 Å². The molecule has 29 heavy (non-hydrogen) atoms. The van der Waals surface area contributed by atoms with Crippen LogP contribution in [0.2, 0.25) is 0 Å². The molecule has 0 spiro atoms. The molecule has 8 heteroatoms. The Morgan fingerprint density at radius 3 is 2.76 bits per heavy atom. The second-order valence-electron chi connectivity index (χ2n) is 7.85. The number of nitrogens with one attached hydrogen (secondary N) is 1. The van der Waals surface area contributed by atoms with Crippen LogP contribution < -0.4 is 5.32 Å². The summed E-state index contributed by atoms with van der Waals surface area (Å²) in [6.45, 7) is -0.467. The Hall–Kier alpha value is -2.24. The van der Waals surface area contributed by atoms with Crippen LogP contribution in [0, 0.1) is 11.8 Å². The Balaban J connectivity index is 1.89. The van der Waals surface area contributed by atoms with E-state index in [1.807, 2.05) is 19.0 Å². The molecule has 0 radical (unpaired) electrons. The average Bonchev–Trinajstić information content (AvgIpc) is 3.05. The number of aromatic nitrogens is 3. The van der Waals surface area contributed by atoms with Gasteiger partial charge in [-0.2, -0.15) is 13.8 Å². The molecule has 1 aliphatic rings. The summed E-state index contributed by atoms with van der Waals surface area (Å²) in [5.74, 6) is 6.85. The minimum absolute atomic E-state index is 0.121. The maximum Gasteiger partial charge on any atom is 0.345 e. The zero-order valence-electron chi connectivity index (χ0n) is 17.3. The van der Waals surface area contributed by atoms with Gasteiger partial charge in [-0.25, -0.2) is 4.98 Å². The highest BCUT2D eigenvalue weighted by Crippen LogP contribution is 2.32. The van der Waals surface area contributed by atoms with Gasteiger partial charge in [0.1, 0.15) is 5.65 Å². The van der Waals surface area contributed by atoms with E-state index in [-0.39, 0.29) is 12.6 Å². The summed E-state index contributed by atoms with van der Waals surface area (Å²) in [6.07, 6.45) is 9.80. The Morgan fingerprint density at radius 1 is 1.31 bits per heavy atom. The van der Waals surface area contributed by atoms with E-state index in [0.29, 0.717) is 18.5 Å². The molecule has 1 fully saturated rings. The molecule has 1 N–H and O–H groups in total. The minimum Gasteiger partial charge on any atom is -0.349 e. The first-order valence-corrected chi connectivity index (χ1v) is 10.1. The second kappa shape index (κ2) is 9.99. The fraction of sp³-hybridized carbons (Fsp3) is 0.619. The van der Waals surface area contributed by atoms with Gasteiger partial charge in [-0.15, -0.1) is 0 Å². The van der Waals surface area contributed by atoms with Gasteiger partial charge in [0, 0.05) is 24.5 Å². The molecule has 0 aliphatic heterocycles. The van der Waals surface area contributed by atoms with Crippen molar-refractivity contribution in [1.82, 2.24) is 19.4 Å². The van der Waals surface area contributed by atoms with Crippen molar-refractivity contribution in [2.24, 2.45) is 0 Å². The molecule has 6 nitrogen and oxygen atoms in total. The van der Waals surface area contributed by atoms with Crippen molar-refractivity contribution in [3.05, 3.63) is 18.0 Å². The lowest BCUT2D eigenvalue weighted by Crippen LogP contribution is -2.24. The predicted octanol–water partition coefficient (Wildman–Crippen LogP) is 3.89. The van der Waals surface area contributed by atoms with Gasteiger partial charge in [-0.05, 0) is 33.9 Å². The fourth-order valence-electron chi connectivity index (χ4n) is 3.61. The number of nitrogens with zero attached hydrogens (tertiary/aromatic N) is 4. The van der Waals surface area contributed by atoms with Crippen LogP contribution in [0.15, 0.2) is 12.4 Å². The van der Waals surface area contributed by atoms with E-state index < -0.39 is 6.61 Å². The van der Waals surface area contributed by atoms with Gasteiger partial charge in [-0.1, -0.05) is 31.1 Å². The van der Waals surface area contributed by atoms with Crippen LogP contribution in [0.5, 0.6) is 0 Å². The zero-order valence-corrected chi connectivity index (χ0v) is 17.3. The molecule has 3 rings (SSSR count). The average molecular weight is 405 g/mol. The maximum absolute atomic E-state index is 12.3. The summed E-state index contributed by atoms with van der Waals surface area (Å²) in [4.78, 5) is 11.1. The van der Waals surface area contributed by atoms with E-state index in [1.165, 1.54) is 19.3 Å². The summed E-state index contributed by atoms with van der Waals surface area (Å²) < 4.78 is 31.1. The third-order valence-electron chi connectivity index (χ3n) is 5.01. The van der Waals surface area contributed by atoms with E-state index in [4.69, 9.17) is 4.98 Å². The van der Waals surface area contributed by atoms with Gasteiger partial charge >= 0.3 is 6.61 Å². The van der Waals surface area contributed by atoms with E-state index in [9.17, 15) is 8.78 Å². The summed E-state index contributed by atoms with van der Waals surface area (Å²) in [5, 5.41) is 3.97. The van der Waals surface area contributed by atoms with Crippen LogP contribution in [0.25, 0.3) is 11.0 Å². The van der Waals surface area contributed by atoms with Crippen molar-refractivity contribution in [3.63, 3.8) is 0 Å². The van der Waals surface area contributed by atoms with Crippen LogP contribution in [0.4, 0.5) is 14.7 Å². The number of hydrogen-bond acceptors (Lipinski definition) is 5. The monoisotopic (exact) mass is 405 g/mol. The summed E-state index contributed by atoms with van der Waals surface area (Å²) in [7, 11) is 3.97. The van der Waals surface area contributed by atoms with Crippen LogP contribution in [-0.2, 0) is 4.74 Å². The highest BCUT2D eigenvalue weighted by Gasteiger charge is 2.20. The summed E-state index contributed by atoms with van der Waals surface area (Å²) in [6, 6.07) is 0.0666. The zero-order chi connectivity index (χ0) is 20.8. The lowest BCUT2D eigenvalue weighted by molar-refractivity contribution is -0.130. The molecule has 1 saturated carbocycles. The third kappa shape index (κ3) is 5.87. The number of alkyl halides is 2. The number of ether oxygens (including phenoxy) is 1. The fourth-order valence-corrected chi connectivity index (χ4v) is 3.61. The molecular formula is C21H29F2N5O. The number of halogens is 2. The third-order valence-corrected chi connectivity index (χ3v) is 5.01. The second-order valence-corrected chi connectivity index (χ2v) is 7.85. The Kier molecular flexibility index (Phi) is 7.40. The van der Waals surface area contributed by atoms with Gasteiger partial charge in [0.05, 0.1) is 24.1 Å². The molecule has 1 atom stereocenters. The first-order chi connectivity index (χ1) is 13.9. The Morgan fingerprint density at radius 2 is 2.07 bits per heavy atom. The van der Waals surface area contributed by atoms with Crippen molar-refractivity contribution in [2.45, 2.75) is 57.7 Å². The normalized spacial score (nSPS) is 16.2. The van der Waals surface area contributed by atoms with Gasteiger partial charge in [0.25, 0.3) is 0 Å². The van der Waals surface area contributed by atoms with Crippen molar-refractivity contribution in [2.75, 3.05) is 32.6 Å². The van der Waals surface area contributed by atoms with Crippen LogP contribution in [-0.4, -0.2) is 59.3 Å². The van der Waals surface area contributed by atoms with Crippen molar-refractivity contribution < 1.29 is 13.5 Å². The number of rotatable bonds is 7. The summed E-state index contributed by atoms with van der Waals surface area (Å²) >= 11 is 0. The van der Waals surface area contributed by atoms with E-state index >= 15 is 0 Å². The smallest absolute Gasteiger partial charge is 0.345 e. The van der Waals surface area contributed by atoms with E-state index in [2.05, 4.69) is 37.6 Å².